The van der Waals surface area contributed by atoms with Gasteiger partial charge in [-0.25, -0.2) is 4.79 Å². The summed E-state index contributed by atoms with van der Waals surface area (Å²) in [7, 11) is 0. The summed E-state index contributed by atoms with van der Waals surface area (Å²) in [4.78, 5) is 42.7. The van der Waals surface area contributed by atoms with Crippen molar-refractivity contribution in [3.05, 3.63) is 0 Å². The van der Waals surface area contributed by atoms with Crippen molar-refractivity contribution < 1.29 is 38.9 Å². The number of rotatable bonds is 1. The van der Waals surface area contributed by atoms with Crippen molar-refractivity contribution in [1.82, 2.24) is 5.32 Å². The Kier molecular flexibility index (Phi) is 4.00. The molecule has 0 aromatic heterocycles. The van der Waals surface area contributed by atoms with E-state index in [0.29, 0.717) is 13.2 Å². The molecule has 3 heterocycles. The topological polar surface area (TPSA) is 139 Å². The normalized spacial score (nSPS) is 35.3. The van der Waals surface area contributed by atoms with Crippen molar-refractivity contribution in [2.24, 2.45) is 17.8 Å². The number of imide groups is 1. The van der Waals surface area contributed by atoms with Crippen LogP contribution in [0.2, 0.25) is 0 Å². The summed E-state index contributed by atoms with van der Waals surface area (Å²) in [6.07, 6.45) is -1.36. The number of carbonyl (C=O) groups is 4. The summed E-state index contributed by atoms with van der Waals surface area (Å²) < 4.78 is 10.7. The van der Waals surface area contributed by atoms with Gasteiger partial charge in [0.1, 0.15) is 5.92 Å². The van der Waals surface area contributed by atoms with E-state index in [-0.39, 0.29) is 18.1 Å². The van der Waals surface area contributed by atoms with E-state index in [4.69, 9.17) is 24.5 Å². The van der Waals surface area contributed by atoms with Crippen LogP contribution >= 0.6 is 0 Å². The molecule has 3 aliphatic heterocycles. The highest BCUT2D eigenvalue weighted by Crippen LogP contribution is 2.40. The lowest BCUT2D eigenvalue weighted by molar-refractivity contribution is -0.137. The van der Waals surface area contributed by atoms with Gasteiger partial charge in [0.25, 0.3) is 5.91 Å². The summed E-state index contributed by atoms with van der Waals surface area (Å²) in [6, 6.07) is 0. The van der Waals surface area contributed by atoms with Gasteiger partial charge in [-0.05, 0) is 6.42 Å². The lowest BCUT2D eigenvalue weighted by atomic mass is 9.81. The minimum Gasteiger partial charge on any atom is -0.450 e. The lowest BCUT2D eigenvalue weighted by Crippen LogP contribution is -2.32. The Morgan fingerprint density at radius 1 is 1.15 bits per heavy atom. The van der Waals surface area contributed by atoms with Crippen LogP contribution in [0, 0.1) is 17.8 Å². The van der Waals surface area contributed by atoms with Crippen molar-refractivity contribution in [2.75, 3.05) is 13.2 Å². The Bertz CT molecular complexity index is 457. The second-order valence-corrected chi connectivity index (χ2v) is 4.63. The minimum absolute atomic E-state index is 0.0607. The molecule has 4 atom stereocenters. The fourth-order valence-electron chi connectivity index (χ4n) is 2.74. The third-order valence-corrected chi connectivity index (χ3v) is 3.54. The smallest absolute Gasteiger partial charge is 0.450 e. The summed E-state index contributed by atoms with van der Waals surface area (Å²) in [6.45, 7) is 0.898. The Morgan fingerprint density at radius 3 is 2.35 bits per heavy atom. The molecule has 20 heavy (non-hydrogen) atoms. The van der Waals surface area contributed by atoms with Crippen molar-refractivity contribution in [3.63, 3.8) is 0 Å². The van der Waals surface area contributed by atoms with Gasteiger partial charge in [-0.15, -0.1) is 0 Å². The zero-order chi connectivity index (χ0) is 14.9. The maximum atomic E-state index is 11.6. The predicted molar refractivity (Wildman–Crippen MR) is 59.6 cm³/mol. The van der Waals surface area contributed by atoms with Crippen LogP contribution in [0.5, 0.6) is 0 Å². The molecule has 3 saturated heterocycles. The molecule has 0 radical (unpaired) electrons. The Hall–Kier alpha value is -2.00. The maximum Gasteiger partial charge on any atom is 0.503 e. The summed E-state index contributed by atoms with van der Waals surface area (Å²) in [5, 5.41) is 16.0. The predicted octanol–water partition coefficient (Wildman–Crippen LogP) is -0.941. The van der Waals surface area contributed by atoms with Crippen LogP contribution < -0.4 is 5.32 Å². The highest BCUT2D eigenvalue weighted by atomic mass is 16.7. The number of ketones is 1. The molecule has 0 aliphatic carbocycles. The molecule has 0 bridgehead atoms. The monoisotopic (exact) mass is 287 g/mol. The summed E-state index contributed by atoms with van der Waals surface area (Å²) in [5.74, 6) is -2.94. The highest BCUT2D eigenvalue weighted by molar-refractivity contribution is 6.48. The van der Waals surface area contributed by atoms with Gasteiger partial charge in [0.2, 0.25) is 11.7 Å². The average Bonchev–Trinajstić information content (AvgIpc) is 2.97. The first-order valence-electron chi connectivity index (χ1n) is 5.96. The standard InChI is InChI=1S/C10H11NO5.CH2O3/c12-7-6(8(13)11-9(7)14)5-3-16-10-4(5)1-2-15-10;2-1(3)4/h4-6,10H,1-3H2,(H,11,13,14);(H2,2,3,4). The molecule has 0 spiro atoms. The number of hydrogen-bond acceptors (Lipinski definition) is 6. The van der Waals surface area contributed by atoms with Crippen LogP contribution in [-0.2, 0) is 23.9 Å². The second kappa shape index (κ2) is 5.55. The van der Waals surface area contributed by atoms with E-state index in [1.54, 1.807) is 0 Å². The van der Waals surface area contributed by atoms with E-state index >= 15 is 0 Å². The molecule has 110 valence electrons. The van der Waals surface area contributed by atoms with Crippen molar-refractivity contribution in [1.29, 1.82) is 0 Å². The fraction of sp³-hybridized carbons (Fsp3) is 0.636. The molecule has 3 aliphatic rings. The molecular weight excluding hydrogens is 274 g/mol. The summed E-state index contributed by atoms with van der Waals surface area (Å²) in [5.41, 5.74) is 0. The first-order valence-corrected chi connectivity index (χ1v) is 5.96. The van der Waals surface area contributed by atoms with Gasteiger partial charge in [0.05, 0.1) is 13.2 Å². The number of fused-ring (bicyclic) bond motifs is 1. The van der Waals surface area contributed by atoms with E-state index in [2.05, 4.69) is 0 Å². The average molecular weight is 287 g/mol. The zero-order valence-electron chi connectivity index (χ0n) is 10.3. The number of carbonyl (C=O) groups excluding carboxylic acids is 3. The van der Waals surface area contributed by atoms with Crippen molar-refractivity contribution >= 4 is 23.8 Å². The van der Waals surface area contributed by atoms with Gasteiger partial charge >= 0.3 is 6.16 Å². The van der Waals surface area contributed by atoms with Crippen LogP contribution in [-0.4, -0.2) is 53.5 Å². The zero-order valence-corrected chi connectivity index (χ0v) is 10.3. The lowest BCUT2D eigenvalue weighted by Gasteiger charge is -2.17. The van der Waals surface area contributed by atoms with Gasteiger partial charge in [-0.2, -0.15) is 0 Å². The molecule has 3 rings (SSSR count). The van der Waals surface area contributed by atoms with Gasteiger partial charge in [0, 0.05) is 11.8 Å². The van der Waals surface area contributed by atoms with Gasteiger partial charge < -0.3 is 19.7 Å². The Morgan fingerprint density at radius 2 is 1.80 bits per heavy atom. The number of carboxylic acid groups (broad SMARTS) is 2. The third-order valence-electron chi connectivity index (χ3n) is 3.54. The van der Waals surface area contributed by atoms with Crippen LogP contribution in [0.15, 0.2) is 0 Å². The largest absolute Gasteiger partial charge is 0.503 e. The van der Waals surface area contributed by atoms with Gasteiger partial charge in [-0.3, -0.25) is 19.7 Å². The number of amides is 2. The molecule has 9 nitrogen and oxygen atoms in total. The highest BCUT2D eigenvalue weighted by Gasteiger charge is 2.53. The van der Waals surface area contributed by atoms with Crippen LogP contribution in [0.3, 0.4) is 0 Å². The first kappa shape index (κ1) is 14.4. The fourth-order valence-corrected chi connectivity index (χ4v) is 2.74. The number of hydrogen-bond donors (Lipinski definition) is 3. The van der Waals surface area contributed by atoms with Crippen LogP contribution in [0.4, 0.5) is 4.79 Å². The molecule has 4 unspecified atom stereocenters. The Labute approximate surface area is 112 Å². The third kappa shape index (κ3) is 2.63. The van der Waals surface area contributed by atoms with E-state index in [1.807, 2.05) is 5.32 Å². The maximum absolute atomic E-state index is 11.6. The van der Waals surface area contributed by atoms with E-state index < -0.39 is 29.7 Å². The SMILES string of the molecule is O=C(O)O.O=C1NC(=O)C(C2COC3OCCC32)C1=O. The van der Waals surface area contributed by atoms with Gasteiger partial charge in [0.15, 0.2) is 6.29 Å². The summed E-state index contributed by atoms with van der Waals surface area (Å²) >= 11 is 0. The van der Waals surface area contributed by atoms with Crippen LogP contribution in [0.1, 0.15) is 6.42 Å². The quantitative estimate of drug-likeness (QED) is 0.319. The molecular formula is C11H13NO8. The molecule has 9 heteroatoms. The molecule has 0 saturated carbocycles. The van der Waals surface area contributed by atoms with E-state index in [9.17, 15) is 14.4 Å². The first-order chi connectivity index (χ1) is 9.41. The molecule has 3 fully saturated rings. The van der Waals surface area contributed by atoms with E-state index in [1.165, 1.54) is 0 Å². The Balaban J connectivity index is 0.000000328. The number of Topliss-reactive ketones (excluding diaryl/α,β-unsaturated/α-hetero) is 1. The van der Waals surface area contributed by atoms with Gasteiger partial charge in [-0.1, -0.05) is 0 Å². The molecule has 2 amide bonds. The molecule has 3 N–H and O–H groups in total. The minimum atomic E-state index is -1.83. The number of nitrogens with one attached hydrogen (secondary N) is 1. The van der Waals surface area contributed by atoms with Crippen molar-refractivity contribution in [2.45, 2.75) is 12.7 Å². The van der Waals surface area contributed by atoms with E-state index in [0.717, 1.165) is 6.42 Å². The van der Waals surface area contributed by atoms with Crippen LogP contribution in [0.25, 0.3) is 0 Å². The molecule has 0 aromatic rings. The molecule has 0 aromatic carbocycles. The second-order valence-electron chi connectivity index (χ2n) is 4.63. The number of ether oxygens (including phenoxy) is 2. The van der Waals surface area contributed by atoms with Crippen molar-refractivity contribution in [3.8, 4) is 0 Å².